The van der Waals surface area contributed by atoms with Crippen LogP contribution in [0.3, 0.4) is 0 Å². The molecule has 0 unspecified atom stereocenters. The van der Waals surface area contributed by atoms with Crippen molar-refractivity contribution in [2.45, 2.75) is 13.8 Å². The van der Waals surface area contributed by atoms with E-state index in [0.29, 0.717) is 13.2 Å². The standard InChI is InChI=1S/C7H13NO/c1-4-6-8-7(3)9-5-2/h4H,1,5-6H2,2-3H3. The molecule has 0 heterocycles. The van der Waals surface area contributed by atoms with Gasteiger partial charge in [0, 0.05) is 6.92 Å². The normalized spacial score (nSPS) is 11.1. The van der Waals surface area contributed by atoms with Gasteiger partial charge in [-0.1, -0.05) is 6.08 Å². The summed E-state index contributed by atoms with van der Waals surface area (Å²) < 4.78 is 5.05. The number of aliphatic imine (C=N–C) groups is 1. The monoisotopic (exact) mass is 127 g/mol. The van der Waals surface area contributed by atoms with Gasteiger partial charge in [-0.25, -0.2) is 0 Å². The lowest BCUT2D eigenvalue weighted by Gasteiger charge is -1.98. The van der Waals surface area contributed by atoms with E-state index in [-0.39, 0.29) is 0 Å². The summed E-state index contributed by atoms with van der Waals surface area (Å²) in [4.78, 5) is 4.01. The molecular weight excluding hydrogens is 114 g/mol. The van der Waals surface area contributed by atoms with E-state index in [1.807, 2.05) is 13.8 Å². The molecule has 0 aromatic rings. The lowest BCUT2D eigenvalue weighted by molar-refractivity contribution is 0.323. The summed E-state index contributed by atoms with van der Waals surface area (Å²) in [6.45, 7) is 8.64. The Morgan fingerprint density at radius 1 is 1.78 bits per heavy atom. The molecule has 0 radical (unpaired) electrons. The van der Waals surface area contributed by atoms with Crippen LogP contribution in [0.2, 0.25) is 0 Å². The van der Waals surface area contributed by atoms with Crippen molar-refractivity contribution < 1.29 is 4.74 Å². The highest BCUT2D eigenvalue weighted by Crippen LogP contribution is 1.81. The molecule has 0 aliphatic heterocycles. The first-order valence-corrected chi connectivity index (χ1v) is 3.06. The fourth-order valence-corrected chi connectivity index (χ4v) is 0.448. The average molecular weight is 127 g/mol. The molecule has 0 saturated carbocycles. The van der Waals surface area contributed by atoms with Gasteiger partial charge in [-0.2, -0.15) is 0 Å². The van der Waals surface area contributed by atoms with Gasteiger partial charge in [0.25, 0.3) is 0 Å². The van der Waals surface area contributed by atoms with E-state index in [9.17, 15) is 0 Å². The summed E-state index contributed by atoms with van der Waals surface area (Å²) in [5, 5.41) is 0. The van der Waals surface area contributed by atoms with Gasteiger partial charge < -0.3 is 4.74 Å². The smallest absolute Gasteiger partial charge is 0.180 e. The number of hydrogen-bond donors (Lipinski definition) is 0. The highest BCUT2D eigenvalue weighted by Gasteiger charge is 1.83. The molecule has 0 aliphatic rings. The van der Waals surface area contributed by atoms with Crippen molar-refractivity contribution in [1.82, 2.24) is 0 Å². The molecule has 2 nitrogen and oxygen atoms in total. The van der Waals surface area contributed by atoms with Crippen LogP contribution in [0.5, 0.6) is 0 Å². The van der Waals surface area contributed by atoms with Crippen LogP contribution in [0.25, 0.3) is 0 Å². The van der Waals surface area contributed by atoms with Crippen LogP contribution in [0.4, 0.5) is 0 Å². The molecular formula is C7H13NO. The zero-order valence-corrected chi connectivity index (χ0v) is 6.05. The number of rotatable bonds is 3. The number of hydrogen-bond acceptors (Lipinski definition) is 2. The van der Waals surface area contributed by atoms with Crippen LogP contribution >= 0.6 is 0 Å². The first-order valence-electron chi connectivity index (χ1n) is 3.06. The summed E-state index contributed by atoms with van der Waals surface area (Å²) in [7, 11) is 0. The van der Waals surface area contributed by atoms with Crippen LogP contribution < -0.4 is 0 Å². The van der Waals surface area contributed by atoms with Crippen molar-refractivity contribution in [3.63, 3.8) is 0 Å². The quantitative estimate of drug-likeness (QED) is 0.321. The molecule has 0 saturated heterocycles. The Balaban J connectivity index is 3.42. The van der Waals surface area contributed by atoms with E-state index in [0.717, 1.165) is 5.90 Å². The van der Waals surface area contributed by atoms with Gasteiger partial charge in [0.15, 0.2) is 5.90 Å². The zero-order valence-electron chi connectivity index (χ0n) is 6.05. The highest BCUT2D eigenvalue weighted by atomic mass is 16.5. The number of nitrogens with zero attached hydrogens (tertiary/aromatic N) is 1. The Kier molecular flexibility index (Phi) is 4.88. The summed E-state index contributed by atoms with van der Waals surface area (Å²) in [5.74, 6) is 0.734. The first-order chi connectivity index (χ1) is 4.31. The van der Waals surface area contributed by atoms with Gasteiger partial charge in [0.1, 0.15) is 0 Å². The molecule has 0 bridgehead atoms. The average Bonchev–Trinajstić information content (AvgIpc) is 1.85. The minimum atomic E-state index is 0.645. The minimum Gasteiger partial charge on any atom is -0.481 e. The number of ether oxygens (including phenoxy) is 1. The highest BCUT2D eigenvalue weighted by molar-refractivity contribution is 5.73. The summed E-state index contributed by atoms with van der Waals surface area (Å²) in [6.07, 6.45) is 1.74. The topological polar surface area (TPSA) is 21.6 Å². The fraction of sp³-hybridized carbons (Fsp3) is 0.571. The maximum absolute atomic E-state index is 5.05. The van der Waals surface area contributed by atoms with Crippen molar-refractivity contribution in [3.8, 4) is 0 Å². The SMILES string of the molecule is C=CCN=C(C)OCC. The Morgan fingerprint density at radius 3 is 2.89 bits per heavy atom. The van der Waals surface area contributed by atoms with Crippen molar-refractivity contribution in [2.24, 2.45) is 4.99 Å². The molecule has 9 heavy (non-hydrogen) atoms. The summed E-state index contributed by atoms with van der Waals surface area (Å²) in [5.41, 5.74) is 0. The van der Waals surface area contributed by atoms with Crippen LogP contribution in [0.1, 0.15) is 13.8 Å². The predicted molar refractivity (Wildman–Crippen MR) is 39.8 cm³/mol. The lowest BCUT2D eigenvalue weighted by Crippen LogP contribution is -1.98. The molecule has 0 fully saturated rings. The fourth-order valence-electron chi connectivity index (χ4n) is 0.448. The Hall–Kier alpha value is -0.790. The maximum atomic E-state index is 5.05. The van der Waals surface area contributed by atoms with Gasteiger partial charge >= 0.3 is 0 Å². The molecule has 0 aromatic heterocycles. The van der Waals surface area contributed by atoms with Gasteiger partial charge in [0.05, 0.1) is 13.2 Å². The van der Waals surface area contributed by atoms with E-state index in [4.69, 9.17) is 4.74 Å². The minimum absolute atomic E-state index is 0.645. The van der Waals surface area contributed by atoms with Gasteiger partial charge in [-0.15, -0.1) is 6.58 Å². The third-order valence-corrected chi connectivity index (χ3v) is 0.796. The third kappa shape index (κ3) is 5.07. The molecule has 0 rings (SSSR count). The Morgan fingerprint density at radius 2 is 2.44 bits per heavy atom. The van der Waals surface area contributed by atoms with E-state index in [1.54, 1.807) is 6.08 Å². The first kappa shape index (κ1) is 8.21. The maximum Gasteiger partial charge on any atom is 0.180 e. The molecule has 52 valence electrons. The van der Waals surface area contributed by atoms with Gasteiger partial charge in [-0.3, -0.25) is 4.99 Å². The van der Waals surface area contributed by atoms with Crippen molar-refractivity contribution in [3.05, 3.63) is 12.7 Å². The second kappa shape index (κ2) is 5.35. The largest absolute Gasteiger partial charge is 0.481 e. The van der Waals surface area contributed by atoms with Crippen molar-refractivity contribution in [2.75, 3.05) is 13.2 Å². The molecule has 0 aromatic carbocycles. The van der Waals surface area contributed by atoms with Crippen molar-refractivity contribution in [1.29, 1.82) is 0 Å². The Bertz CT molecular complexity index is 107. The lowest BCUT2D eigenvalue weighted by atomic mass is 10.6. The van der Waals surface area contributed by atoms with E-state index in [1.165, 1.54) is 0 Å². The van der Waals surface area contributed by atoms with E-state index < -0.39 is 0 Å². The van der Waals surface area contributed by atoms with Gasteiger partial charge in [-0.05, 0) is 6.92 Å². The van der Waals surface area contributed by atoms with E-state index in [2.05, 4.69) is 11.6 Å². The zero-order chi connectivity index (χ0) is 7.11. The van der Waals surface area contributed by atoms with Crippen LogP contribution in [0, 0.1) is 0 Å². The molecule has 0 spiro atoms. The Labute approximate surface area is 56.2 Å². The van der Waals surface area contributed by atoms with Crippen LogP contribution in [-0.2, 0) is 4.74 Å². The molecule has 0 amide bonds. The van der Waals surface area contributed by atoms with Crippen LogP contribution in [-0.4, -0.2) is 19.0 Å². The van der Waals surface area contributed by atoms with E-state index >= 15 is 0 Å². The summed E-state index contributed by atoms with van der Waals surface area (Å²) in [6, 6.07) is 0. The molecule has 0 aliphatic carbocycles. The van der Waals surface area contributed by atoms with Crippen LogP contribution in [0.15, 0.2) is 17.6 Å². The predicted octanol–water partition coefficient (Wildman–Crippen LogP) is 1.63. The molecule has 2 heteroatoms. The summed E-state index contributed by atoms with van der Waals surface area (Å²) >= 11 is 0. The van der Waals surface area contributed by atoms with Crippen molar-refractivity contribution >= 4 is 5.90 Å². The van der Waals surface area contributed by atoms with Gasteiger partial charge in [0.2, 0.25) is 0 Å². The second-order valence-electron chi connectivity index (χ2n) is 1.58. The molecule has 0 N–H and O–H groups in total. The molecule has 0 atom stereocenters. The third-order valence-electron chi connectivity index (χ3n) is 0.796. The second-order valence-corrected chi connectivity index (χ2v) is 1.58.